The SMILES string of the molecule is CCC(C)CC(C)(C)N(C)O. The molecule has 1 unspecified atom stereocenters. The number of rotatable bonds is 4. The Kier molecular flexibility index (Phi) is 4.04. The van der Waals surface area contributed by atoms with Gasteiger partial charge in [-0.3, -0.25) is 0 Å². The maximum absolute atomic E-state index is 9.26. The van der Waals surface area contributed by atoms with Gasteiger partial charge in [-0.1, -0.05) is 20.3 Å². The van der Waals surface area contributed by atoms with Gasteiger partial charge in [0.15, 0.2) is 0 Å². The average Bonchev–Trinajstić information content (AvgIpc) is 1.86. The van der Waals surface area contributed by atoms with Crippen molar-refractivity contribution in [3.8, 4) is 0 Å². The van der Waals surface area contributed by atoms with Crippen LogP contribution in [0.4, 0.5) is 0 Å². The quantitative estimate of drug-likeness (QED) is 0.637. The summed E-state index contributed by atoms with van der Waals surface area (Å²) in [6.45, 7) is 8.50. The predicted molar refractivity (Wildman–Crippen MR) is 47.7 cm³/mol. The van der Waals surface area contributed by atoms with Crippen LogP contribution in [0.3, 0.4) is 0 Å². The molecular formula is C9H21NO. The van der Waals surface area contributed by atoms with Crippen LogP contribution in [0.25, 0.3) is 0 Å². The van der Waals surface area contributed by atoms with Crippen LogP contribution >= 0.6 is 0 Å². The first kappa shape index (κ1) is 10.9. The molecule has 11 heavy (non-hydrogen) atoms. The highest BCUT2D eigenvalue weighted by Gasteiger charge is 2.23. The minimum Gasteiger partial charge on any atom is -0.314 e. The van der Waals surface area contributed by atoms with Gasteiger partial charge in [-0.25, -0.2) is 0 Å². The van der Waals surface area contributed by atoms with Crippen LogP contribution in [0.15, 0.2) is 0 Å². The molecule has 0 aliphatic heterocycles. The lowest BCUT2D eigenvalue weighted by atomic mass is 9.90. The standard InChI is InChI=1S/C9H21NO/c1-6-8(2)7-9(3,4)10(5)11/h8,11H,6-7H2,1-5H3. The van der Waals surface area contributed by atoms with Gasteiger partial charge < -0.3 is 5.21 Å². The van der Waals surface area contributed by atoms with E-state index in [4.69, 9.17) is 0 Å². The summed E-state index contributed by atoms with van der Waals surface area (Å²) < 4.78 is 0. The fourth-order valence-corrected chi connectivity index (χ4v) is 1.13. The molecule has 0 amide bonds. The molecule has 1 N–H and O–H groups in total. The van der Waals surface area contributed by atoms with Crippen molar-refractivity contribution < 1.29 is 5.21 Å². The molecule has 2 heteroatoms. The van der Waals surface area contributed by atoms with Gasteiger partial charge in [0.1, 0.15) is 0 Å². The first-order valence-electron chi connectivity index (χ1n) is 4.33. The Hall–Kier alpha value is -0.0800. The zero-order chi connectivity index (χ0) is 9.07. The maximum Gasteiger partial charge on any atom is 0.0403 e. The summed E-state index contributed by atoms with van der Waals surface area (Å²) in [6, 6.07) is 0. The Balaban J connectivity index is 3.90. The fraction of sp³-hybridized carbons (Fsp3) is 1.00. The van der Waals surface area contributed by atoms with Crippen LogP contribution in [0.2, 0.25) is 0 Å². The number of hydroxylamine groups is 2. The lowest BCUT2D eigenvalue weighted by Gasteiger charge is -2.32. The topological polar surface area (TPSA) is 23.5 Å². The Bertz CT molecular complexity index is 110. The molecule has 0 heterocycles. The van der Waals surface area contributed by atoms with Crippen molar-refractivity contribution in [2.45, 2.75) is 46.1 Å². The van der Waals surface area contributed by atoms with E-state index in [1.807, 2.05) is 0 Å². The van der Waals surface area contributed by atoms with Gasteiger partial charge in [0, 0.05) is 12.6 Å². The van der Waals surface area contributed by atoms with E-state index in [-0.39, 0.29) is 5.54 Å². The summed E-state index contributed by atoms with van der Waals surface area (Å²) in [7, 11) is 1.71. The van der Waals surface area contributed by atoms with Crippen molar-refractivity contribution in [1.29, 1.82) is 0 Å². The molecule has 0 fully saturated rings. The van der Waals surface area contributed by atoms with Crippen molar-refractivity contribution in [2.24, 2.45) is 5.92 Å². The van der Waals surface area contributed by atoms with E-state index in [1.165, 1.54) is 11.5 Å². The minimum atomic E-state index is -0.0879. The molecule has 0 spiro atoms. The van der Waals surface area contributed by atoms with Gasteiger partial charge in [0.25, 0.3) is 0 Å². The third-order valence-electron chi connectivity index (χ3n) is 2.42. The Morgan fingerprint density at radius 3 is 2.18 bits per heavy atom. The lowest BCUT2D eigenvalue weighted by molar-refractivity contribution is -0.145. The molecule has 0 aromatic carbocycles. The average molecular weight is 159 g/mol. The molecule has 0 aromatic heterocycles. The van der Waals surface area contributed by atoms with Gasteiger partial charge >= 0.3 is 0 Å². The van der Waals surface area contributed by atoms with E-state index >= 15 is 0 Å². The number of nitrogens with zero attached hydrogens (tertiary/aromatic N) is 1. The summed E-state index contributed by atoms with van der Waals surface area (Å²) in [5.41, 5.74) is -0.0879. The molecule has 0 radical (unpaired) electrons. The highest BCUT2D eigenvalue weighted by molar-refractivity contribution is 4.76. The fourth-order valence-electron chi connectivity index (χ4n) is 1.13. The first-order chi connectivity index (χ1) is 4.90. The van der Waals surface area contributed by atoms with Crippen molar-refractivity contribution in [3.63, 3.8) is 0 Å². The Labute approximate surface area is 70.2 Å². The van der Waals surface area contributed by atoms with Gasteiger partial charge in [-0.2, -0.15) is 5.06 Å². The van der Waals surface area contributed by atoms with Gasteiger partial charge in [0.2, 0.25) is 0 Å². The van der Waals surface area contributed by atoms with Crippen LogP contribution in [0.1, 0.15) is 40.5 Å². The molecule has 0 saturated carbocycles. The predicted octanol–water partition coefficient (Wildman–Crippen LogP) is 2.52. The minimum absolute atomic E-state index is 0.0879. The highest BCUT2D eigenvalue weighted by Crippen LogP contribution is 2.22. The largest absolute Gasteiger partial charge is 0.314 e. The van der Waals surface area contributed by atoms with Gasteiger partial charge in [-0.15, -0.1) is 0 Å². The molecular weight excluding hydrogens is 138 g/mol. The molecule has 0 aliphatic rings. The lowest BCUT2D eigenvalue weighted by Crippen LogP contribution is -2.39. The zero-order valence-electron chi connectivity index (χ0n) is 8.39. The van der Waals surface area contributed by atoms with E-state index in [1.54, 1.807) is 7.05 Å². The smallest absolute Gasteiger partial charge is 0.0403 e. The van der Waals surface area contributed by atoms with Crippen LogP contribution in [-0.4, -0.2) is 22.9 Å². The first-order valence-corrected chi connectivity index (χ1v) is 4.33. The summed E-state index contributed by atoms with van der Waals surface area (Å²) in [5, 5.41) is 10.6. The second kappa shape index (κ2) is 4.07. The van der Waals surface area contributed by atoms with Crippen molar-refractivity contribution >= 4 is 0 Å². The molecule has 0 bridgehead atoms. The number of hydrogen-bond donors (Lipinski definition) is 1. The molecule has 68 valence electrons. The van der Waals surface area contributed by atoms with Crippen molar-refractivity contribution in [2.75, 3.05) is 7.05 Å². The third-order valence-corrected chi connectivity index (χ3v) is 2.42. The zero-order valence-corrected chi connectivity index (χ0v) is 8.39. The Morgan fingerprint density at radius 2 is 1.91 bits per heavy atom. The molecule has 2 nitrogen and oxygen atoms in total. The maximum atomic E-state index is 9.26. The van der Waals surface area contributed by atoms with E-state index in [2.05, 4.69) is 27.7 Å². The number of hydrogen-bond acceptors (Lipinski definition) is 2. The highest BCUT2D eigenvalue weighted by atomic mass is 16.5. The van der Waals surface area contributed by atoms with Crippen LogP contribution in [-0.2, 0) is 0 Å². The van der Waals surface area contributed by atoms with Crippen LogP contribution in [0.5, 0.6) is 0 Å². The van der Waals surface area contributed by atoms with E-state index in [0.29, 0.717) is 5.92 Å². The monoisotopic (exact) mass is 159 g/mol. The van der Waals surface area contributed by atoms with E-state index in [0.717, 1.165) is 6.42 Å². The molecule has 1 atom stereocenters. The molecule has 0 aromatic rings. The van der Waals surface area contributed by atoms with Crippen molar-refractivity contribution in [3.05, 3.63) is 0 Å². The van der Waals surface area contributed by atoms with Crippen molar-refractivity contribution in [1.82, 2.24) is 5.06 Å². The van der Waals surface area contributed by atoms with Gasteiger partial charge in [-0.05, 0) is 26.2 Å². The molecule has 0 saturated heterocycles. The van der Waals surface area contributed by atoms with Crippen LogP contribution < -0.4 is 0 Å². The Morgan fingerprint density at radius 1 is 1.45 bits per heavy atom. The van der Waals surface area contributed by atoms with E-state index in [9.17, 15) is 5.21 Å². The van der Waals surface area contributed by atoms with Crippen LogP contribution in [0, 0.1) is 5.92 Å². The summed E-state index contributed by atoms with van der Waals surface area (Å²) in [5.74, 6) is 0.680. The second-order valence-electron chi connectivity index (χ2n) is 4.05. The normalized spacial score (nSPS) is 15.5. The van der Waals surface area contributed by atoms with Gasteiger partial charge in [0.05, 0.1) is 0 Å². The molecule has 0 aliphatic carbocycles. The summed E-state index contributed by atoms with van der Waals surface area (Å²) in [4.78, 5) is 0. The summed E-state index contributed by atoms with van der Waals surface area (Å²) in [6.07, 6.45) is 2.22. The molecule has 0 rings (SSSR count). The van der Waals surface area contributed by atoms with E-state index < -0.39 is 0 Å². The summed E-state index contributed by atoms with van der Waals surface area (Å²) >= 11 is 0. The third kappa shape index (κ3) is 3.73. The second-order valence-corrected chi connectivity index (χ2v) is 4.05.